The Kier molecular flexibility index (Phi) is 6.25. The summed E-state index contributed by atoms with van der Waals surface area (Å²) in [6.45, 7) is 5.80. The minimum absolute atomic E-state index is 0.0504. The van der Waals surface area contributed by atoms with Gasteiger partial charge in [-0.3, -0.25) is 9.69 Å². The maximum atomic E-state index is 12.0. The molecule has 1 unspecified atom stereocenters. The lowest BCUT2D eigenvalue weighted by molar-refractivity contribution is -0.122. The van der Waals surface area contributed by atoms with Crippen LogP contribution in [0.2, 0.25) is 0 Å². The highest BCUT2D eigenvalue weighted by Crippen LogP contribution is 2.16. The van der Waals surface area contributed by atoms with Crippen LogP contribution < -0.4 is 5.32 Å². The number of nitrogens with zero attached hydrogens (tertiary/aromatic N) is 5. The Morgan fingerprint density at radius 2 is 2.00 bits per heavy atom. The van der Waals surface area contributed by atoms with Gasteiger partial charge in [0, 0.05) is 38.3 Å². The third kappa shape index (κ3) is 5.12. The van der Waals surface area contributed by atoms with Crippen LogP contribution in [-0.2, 0) is 27.4 Å². The molecule has 2 aromatic rings. The second-order valence-electron chi connectivity index (χ2n) is 7.17. The second kappa shape index (κ2) is 9.22. The van der Waals surface area contributed by atoms with Crippen LogP contribution >= 0.6 is 0 Å². The number of rotatable bonds is 7. The Morgan fingerprint density at radius 3 is 2.75 bits per heavy atom. The average Bonchev–Trinajstić information content (AvgIpc) is 3.40. The van der Waals surface area contributed by atoms with E-state index in [0.717, 1.165) is 57.9 Å². The predicted octanol–water partition coefficient (Wildman–Crippen LogP) is 0.468. The number of morpholine rings is 1. The van der Waals surface area contributed by atoms with Crippen molar-refractivity contribution in [3.05, 3.63) is 29.8 Å². The van der Waals surface area contributed by atoms with E-state index in [2.05, 4.69) is 37.8 Å². The van der Waals surface area contributed by atoms with E-state index in [-0.39, 0.29) is 18.6 Å². The number of carbonyl (C=O) groups excluding carboxylic acids is 1. The number of carbonyl (C=O) groups is 1. The lowest BCUT2D eigenvalue weighted by atomic mass is 10.1. The Labute approximate surface area is 164 Å². The van der Waals surface area contributed by atoms with Gasteiger partial charge in [-0.2, -0.15) is 4.80 Å². The fraction of sp³-hybridized carbons (Fsp3) is 0.579. The van der Waals surface area contributed by atoms with E-state index in [0.29, 0.717) is 12.4 Å². The van der Waals surface area contributed by atoms with Gasteiger partial charge in [-0.1, -0.05) is 24.3 Å². The van der Waals surface area contributed by atoms with Crippen LogP contribution in [0.3, 0.4) is 0 Å². The standard InChI is InChI=1S/C19H26N6O3/c26-18(20-12-17-2-1-9-28-17)14-25-22-19(21-23-25)16-5-3-15(4-6-16)13-24-7-10-27-11-8-24/h3-6,17H,1-2,7-14H2,(H,20,26). The molecule has 4 rings (SSSR count). The summed E-state index contributed by atoms with van der Waals surface area (Å²) in [6.07, 6.45) is 2.17. The SMILES string of the molecule is O=C(Cn1nnc(-c2ccc(CN3CCOCC3)cc2)n1)NCC1CCCO1. The summed E-state index contributed by atoms with van der Waals surface area (Å²) >= 11 is 0. The third-order valence-corrected chi connectivity index (χ3v) is 5.01. The van der Waals surface area contributed by atoms with Crippen molar-refractivity contribution in [2.45, 2.75) is 32.0 Å². The first-order valence-corrected chi connectivity index (χ1v) is 9.82. The number of hydrogen-bond acceptors (Lipinski definition) is 7. The molecule has 0 bridgehead atoms. The van der Waals surface area contributed by atoms with Crippen LogP contribution in [0.5, 0.6) is 0 Å². The van der Waals surface area contributed by atoms with Crippen LogP contribution in [0.4, 0.5) is 0 Å². The molecular formula is C19H26N6O3. The first-order valence-electron chi connectivity index (χ1n) is 9.82. The lowest BCUT2D eigenvalue weighted by Gasteiger charge is -2.26. The molecule has 1 N–H and O–H groups in total. The fourth-order valence-electron chi connectivity index (χ4n) is 3.42. The van der Waals surface area contributed by atoms with Gasteiger partial charge in [0.15, 0.2) is 0 Å². The quantitative estimate of drug-likeness (QED) is 0.739. The number of ether oxygens (including phenoxy) is 2. The van der Waals surface area contributed by atoms with Gasteiger partial charge >= 0.3 is 0 Å². The molecule has 0 spiro atoms. The van der Waals surface area contributed by atoms with Crippen molar-refractivity contribution in [3.63, 3.8) is 0 Å². The minimum atomic E-state index is -0.139. The average molecular weight is 386 g/mol. The largest absolute Gasteiger partial charge is 0.379 e. The Balaban J connectivity index is 1.28. The number of nitrogens with one attached hydrogen (secondary N) is 1. The van der Waals surface area contributed by atoms with Gasteiger partial charge in [0.2, 0.25) is 11.7 Å². The van der Waals surface area contributed by atoms with Gasteiger partial charge in [0.05, 0.1) is 19.3 Å². The topological polar surface area (TPSA) is 94.4 Å². The highest BCUT2D eigenvalue weighted by Gasteiger charge is 2.17. The summed E-state index contributed by atoms with van der Waals surface area (Å²) in [5.74, 6) is 0.380. The zero-order valence-corrected chi connectivity index (χ0v) is 15.9. The zero-order chi connectivity index (χ0) is 19.2. The molecule has 2 fully saturated rings. The molecule has 28 heavy (non-hydrogen) atoms. The van der Waals surface area contributed by atoms with Crippen molar-refractivity contribution < 1.29 is 14.3 Å². The molecule has 1 amide bonds. The molecule has 1 aromatic heterocycles. The van der Waals surface area contributed by atoms with Crippen molar-refractivity contribution in [1.29, 1.82) is 0 Å². The first kappa shape index (κ1) is 19.0. The van der Waals surface area contributed by atoms with Crippen LogP contribution in [0.15, 0.2) is 24.3 Å². The fourth-order valence-corrected chi connectivity index (χ4v) is 3.42. The van der Waals surface area contributed by atoms with Crippen molar-refractivity contribution >= 4 is 5.91 Å². The molecule has 0 aliphatic carbocycles. The van der Waals surface area contributed by atoms with E-state index in [1.165, 1.54) is 10.4 Å². The van der Waals surface area contributed by atoms with E-state index in [1.807, 2.05) is 12.1 Å². The molecule has 0 radical (unpaired) electrons. The lowest BCUT2D eigenvalue weighted by Crippen LogP contribution is -2.35. The molecule has 9 heteroatoms. The van der Waals surface area contributed by atoms with Crippen LogP contribution in [0.1, 0.15) is 18.4 Å². The molecule has 1 atom stereocenters. The van der Waals surface area contributed by atoms with E-state index >= 15 is 0 Å². The molecule has 0 saturated carbocycles. The summed E-state index contributed by atoms with van der Waals surface area (Å²) in [7, 11) is 0. The van der Waals surface area contributed by atoms with E-state index < -0.39 is 0 Å². The number of amides is 1. The normalized spacial score (nSPS) is 20.4. The van der Waals surface area contributed by atoms with Gasteiger partial charge < -0.3 is 14.8 Å². The molecule has 150 valence electrons. The second-order valence-corrected chi connectivity index (χ2v) is 7.17. The van der Waals surface area contributed by atoms with Gasteiger partial charge in [0.25, 0.3) is 0 Å². The third-order valence-electron chi connectivity index (χ3n) is 5.01. The van der Waals surface area contributed by atoms with Crippen LogP contribution in [0, 0.1) is 0 Å². The molecule has 1 aromatic carbocycles. The molecule has 2 aliphatic rings. The molecule has 3 heterocycles. The van der Waals surface area contributed by atoms with Crippen molar-refractivity contribution in [3.8, 4) is 11.4 Å². The zero-order valence-electron chi connectivity index (χ0n) is 15.9. The van der Waals surface area contributed by atoms with Crippen molar-refractivity contribution in [2.75, 3.05) is 39.5 Å². The van der Waals surface area contributed by atoms with Crippen molar-refractivity contribution in [2.24, 2.45) is 0 Å². The van der Waals surface area contributed by atoms with Crippen LogP contribution in [-0.4, -0.2) is 76.6 Å². The van der Waals surface area contributed by atoms with E-state index in [4.69, 9.17) is 9.47 Å². The minimum Gasteiger partial charge on any atom is -0.379 e. The molecule has 2 saturated heterocycles. The smallest absolute Gasteiger partial charge is 0.243 e. The summed E-state index contributed by atoms with van der Waals surface area (Å²) in [5, 5.41) is 15.2. The molecular weight excluding hydrogens is 360 g/mol. The predicted molar refractivity (Wildman–Crippen MR) is 101 cm³/mol. The summed E-state index contributed by atoms with van der Waals surface area (Å²) in [6, 6.07) is 8.16. The van der Waals surface area contributed by atoms with Gasteiger partial charge in [-0.15, -0.1) is 10.2 Å². The van der Waals surface area contributed by atoms with Crippen molar-refractivity contribution in [1.82, 2.24) is 30.4 Å². The number of benzene rings is 1. The first-order chi connectivity index (χ1) is 13.8. The Hall–Kier alpha value is -2.36. The highest BCUT2D eigenvalue weighted by atomic mass is 16.5. The summed E-state index contributed by atoms with van der Waals surface area (Å²) in [5.41, 5.74) is 2.13. The van der Waals surface area contributed by atoms with Gasteiger partial charge in [0.1, 0.15) is 6.54 Å². The maximum Gasteiger partial charge on any atom is 0.243 e. The summed E-state index contributed by atoms with van der Waals surface area (Å²) < 4.78 is 10.9. The van der Waals surface area contributed by atoms with Gasteiger partial charge in [-0.05, 0) is 23.6 Å². The van der Waals surface area contributed by atoms with E-state index in [9.17, 15) is 4.79 Å². The highest BCUT2D eigenvalue weighted by molar-refractivity contribution is 5.75. The molecule has 2 aliphatic heterocycles. The Bertz CT molecular complexity index is 766. The monoisotopic (exact) mass is 386 g/mol. The van der Waals surface area contributed by atoms with E-state index in [1.54, 1.807) is 0 Å². The number of hydrogen-bond donors (Lipinski definition) is 1. The number of tetrazole rings is 1. The summed E-state index contributed by atoms with van der Waals surface area (Å²) in [4.78, 5) is 15.7. The van der Waals surface area contributed by atoms with Gasteiger partial charge in [-0.25, -0.2) is 0 Å². The van der Waals surface area contributed by atoms with Crippen LogP contribution in [0.25, 0.3) is 11.4 Å². The number of aromatic nitrogens is 4. The Morgan fingerprint density at radius 1 is 1.18 bits per heavy atom. The maximum absolute atomic E-state index is 12.0. The molecule has 9 nitrogen and oxygen atoms in total.